The van der Waals surface area contributed by atoms with Gasteiger partial charge in [0, 0.05) is 12.1 Å². The lowest BCUT2D eigenvalue weighted by atomic mass is 10.1. The molecule has 1 N–H and O–H groups in total. The average molecular weight is 381 g/mol. The first-order valence-electron chi connectivity index (χ1n) is 9.04. The Morgan fingerprint density at radius 2 is 1.74 bits per heavy atom. The SMILES string of the molecule is Cc1nc(-c2ccccc2)sc1C(=O)NCc1ccccc1COC(C)C. The third kappa shape index (κ3) is 5.02. The Kier molecular flexibility index (Phi) is 6.37. The van der Waals surface area contributed by atoms with E-state index >= 15 is 0 Å². The van der Waals surface area contributed by atoms with Crippen LogP contribution < -0.4 is 5.32 Å². The number of ether oxygens (including phenoxy) is 1. The molecule has 0 unspecified atom stereocenters. The maximum absolute atomic E-state index is 12.7. The number of benzene rings is 2. The van der Waals surface area contributed by atoms with Crippen LogP contribution in [0.15, 0.2) is 54.6 Å². The Morgan fingerprint density at radius 3 is 2.44 bits per heavy atom. The molecule has 0 saturated heterocycles. The molecule has 0 radical (unpaired) electrons. The maximum atomic E-state index is 12.7. The molecule has 0 aliphatic carbocycles. The minimum absolute atomic E-state index is 0.0910. The van der Waals surface area contributed by atoms with Crippen molar-refractivity contribution in [2.24, 2.45) is 0 Å². The van der Waals surface area contributed by atoms with Crippen molar-refractivity contribution in [3.8, 4) is 10.6 Å². The summed E-state index contributed by atoms with van der Waals surface area (Å²) >= 11 is 1.43. The van der Waals surface area contributed by atoms with Crippen LogP contribution in [0.4, 0.5) is 0 Å². The lowest BCUT2D eigenvalue weighted by Gasteiger charge is -2.12. The van der Waals surface area contributed by atoms with Gasteiger partial charge in [-0.15, -0.1) is 11.3 Å². The van der Waals surface area contributed by atoms with Crippen molar-refractivity contribution in [1.82, 2.24) is 10.3 Å². The van der Waals surface area contributed by atoms with E-state index in [0.29, 0.717) is 18.0 Å². The Morgan fingerprint density at radius 1 is 1.07 bits per heavy atom. The molecule has 5 heteroatoms. The molecule has 2 aromatic carbocycles. The number of amides is 1. The molecule has 1 aromatic heterocycles. The lowest BCUT2D eigenvalue weighted by Crippen LogP contribution is -2.23. The molecule has 0 atom stereocenters. The summed E-state index contributed by atoms with van der Waals surface area (Å²) in [6.45, 7) is 6.92. The van der Waals surface area contributed by atoms with Gasteiger partial charge in [0.25, 0.3) is 5.91 Å². The fourth-order valence-electron chi connectivity index (χ4n) is 2.69. The smallest absolute Gasteiger partial charge is 0.263 e. The van der Waals surface area contributed by atoms with Crippen molar-refractivity contribution >= 4 is 17.2 Å². The summed E-state index contributed by atoms with van der Waals surface area (Å²) in [5, 5.41) is 3.89. The minimum atomic E-state index is -0.0910. The predicted molar refractivity (Wildman–Crippen MR) is 110 cm³/mol. The minimum Gasteiger partial charge on any atom is -0.374 e. The molecule has 1 amide bonds. The van der Waals surface area contributed by atoms with E-state index in [4.69, 9.17) is 4.74 Å². The highest BCUT2D eigenvalue weighted by Gasteiger charge is 2.16. The van der Waals surface area contributed by atoms with E-state index in [1.807, 2.05) is 75.4 Å². The standard InChI is InChI=1S/C22H24N2O2S/c1-15(2)26-14-19-12-8-7-11-18(19)13-23-21(25)20-16(3)24-22(27-20)17-9-5-4-6-10-17/h4-12,15H,13-14H2,1-3H3,(H,23,25). The van der Waals surface area contributed by atoms with E-state index in [2.05, 4.69) is 10.3 Å². The first-order chi connectivity index (χ1) is 13.0. The molecule has 0 bridgehead atoms. The molecule has 4 nitrogen and oxygen atoms in total. The van der Waals surface area contributed by atoms with Crippen LogP contribution >= 0.6 is 11.3 Å². The van der Waals surface area contributed by atoms with Gasteiger partial charge in [0.2, 0.25) is 0 Å². The van der Waals surface area contributed by atoms with Gasteiger partial charge >= 0.3 is 0 Å². The molecule has 0 saturated carbocycles. The largest absolute Gasteiger partial charge is 0.374 e. The van der Waals surface area contributed by atoms with Crippen LogP contribution in [0.2, 0.25) is 0 Å². The summed E-state index contributed by atoms with van der Waals surface area (Å²) < 4.78 is 5.71. The van der Waals surface area contributed by atoms with Gasteiger partial charge < -0.3 is 10.1 Å². The molecule has 3 aromatic rings. The number of thiazole rings is 1. The Balaban J connectivity index is 1.69. The highest BCUT2D eigenvalue weighted by molar-refractivity contribution is 7.17. The summed E-state index contributed by atoms with van der Waals surface area (Å²) in [7, 11) is 0. The van der Waals surface area contributed by atoms with Crippen LogP contribution in [-0.2, 0) is 17.9 Å². The molecule has 3 rings (SSSR count). The molecule has 0 spiro atoms. The van der Waals surface area contributed by atoms with Gasteiger partial charge in [-0.2, -0.15) is 0 Å². The molecule has 0 fully saturated rings. The van der Waals surface area contributed by atoms with E-state index in [1.165, 1.54) is 11.3 Å². The van der Waals surface area contributed by atoms with Crippen molar-refractivity contribution in [2.45, 2.75) is 40.0 Å². The third-order valence-corrected chi connectivity index (χ3v) is 5.36. The number of rotatable bonds is 7. The van der Waals surface area contributed by atoms with Gasteiger partial charge in [0.1, 0.15) is 9.88 Å². The van der Waals surface area contributed by atoms with Crippen LogP contribution in [0, 0.1) is 6.92 Å². The number of hydrogen-bond acceptors (Lipinski definition) is 4. The normalized spacial score (nSPS) is 11.0. The maximum Gasteiger partial charge on any atom is 0.263 e. The quantitative estimate of drug-likeness (QED) is 0.629. The highest BCUT2D eigenvalue weighted by atomic mass is 32.1. The first-order valence-corrected chi connectivity index (χ1v) is 9.85. The second-order valence-corrected chi connectivity index (χ2v) is 7.61. The highest BCUT2D eigenvalue weighted by Crippen LogP contribution is 2.27. The molecular weight excluding hydrogens is 356 g/mol. The van der Waals surface area contributed by atoms with Gasteiger partial charge in [0.15, 0.2) is 0 Å². The summed E-state index contributed by atoms with van der Waals surface area (Å²) in [4.78, 5) is 17.9. The first kappa shape index (κ1) is 19.3. The Hall–Kier alpha value is -2.50. The van der Waals surface area contributed by atoms with Crippen molar-refractivity contribution in [1.29, 1.82) is 0 Å². The van der Waals surface area contributed by atoms with Gasteiger partial charge in [-0.3, -0.25) is 4.79 Å². The van der Waals surface area contributed by atoms with Gasteiger partial charge in [0.05, 0.1) is 18.4 Å². The lowest BCUT2D eigenvalue weighted by molar-refractivity contribution is 0.0651. The van der Waals surface area contributed by atoms with Crippen LogP contribution in [0.3, 0.4) is 0 Å². The van der Waals surface area contributed by atoms with E-state index in [-0.39, 0.29) is 12.0 Å². The summed E-state index contributed by atoms with van der Waals surface area (Å²) in [5.41, 5.74) is 3.95. The second kappa shape index (κ2) is 8.93. The topological polar surface area (TPSA) is 51.2 Å². The van der Waals surface area contributed by atoms with Gasteiger partial charge in [-0.25, -0.2) is 4.98 Å². The van der Waals surface area contributed by atoms with E-state index in [0.717, 1.165) is 27.4 Å². The van der Waals surface area contributed by atoms with E-state index < -0.39 is 0 Å². The summed E-state index contributed by atoms with van der Waals surface area (Å²) in [6, 6.07) is 18.0. The van der Waals surface area contributed by atoms with Crippen LogP contribution in [0.1, 0.15) is 40.3 Å². The van der Waals surface area contributed by atoms with Gasteiger partial charge in [-0.05, 0) is 31.9 Å². The zero-order valence-corrected chi connectivity index (χ0v) is 16.7. The summed E-state index contributed by atoms with van der Waals surface area (Å²) in [5.74, 6) is -0.0910. The monoisotopic (exact) mass is 380 g/mol. The van der Waals surface area contributed by atoms with Crippen molar-refractivity contribution in [3.05, 3.63) is 76.3 Å². The molecule has 0 aliphatic heterocycles. The number of nitrogens with one attached hydrogen (secondary N) is 1. The van der Waals surface area contributed by atoms with Gasteiger partial charge in [-0.1, -0.05) is 54.6 Å². The van der Waals surface area contributed by atoms with Crippen LogP contribution in [0.25, 0.3) is 10.6 Å². The molecule has 27 heavy (non-hydrogen) atoms. The van der Waals surface area contributed by atoms with Crippen LogP contribution in [-0.4, -0.2) is 17.0 Å². The fraction of sp³-hybridized carbons (Fsp3) is 0.273. The predicted octanol–water partition coefficient (Wildman–Crippen LogP) is 4.97. The Bertz CT molecular complexity index is 904. The number of nitrogens with zero attached hydrogens (tertiary/aromatic N) is 1. The van der Waals surface area contributed by atoms with E-state index in [1.54, 1.807) is 0 Å². The number of aryl methyl sites for hydroxylation is 1. The number of hydrogen-bond donors (Lipinski definition) is 1. The number of aromatic nitrogens is 1. The van der Waals surface area contributed by atoms with Crippen molar-refractivity contribution in [3.63, 3.8) is 0 Å². The Labute approximate surface area is 164 Å². The van der Waals surface area contributed by atoms with Crippen molar-refractivity contribution in [2.75, 3.05) is 0 Å². The third-order valence-electron chi connectivity index (χ3n) is 4.15. The van der Waals surface area contributed by atoms with Crippen molar-refractivity contribution < 1.29 is 9.53 Å². The summed E-state index contributed by atoms with van der Waals surface area (Å²) in [6.07, 6.45) is 0.170. The average Bonchev–Trinajstić information content (AvgIpc) is 3.07. The molecule has 140 valence electrons. The molecular formula is C22H24N2O2S. The molecule has 1 heterocycles. The number of carbonyl (C=O) groups excluding carboxylic acids is 1. The van der Waals surface area contributed by atoms with Crippen LogP contribution in [0.5, 0.6) is 0 Å². The zero-order valence-electron chi connectivity index (χ0n) is 15.9. The number of carbonyl (C=O) groups is 1. The second-order valence-electron chi connectivity index (χ2n) is 6.61. The molecule has 0 aliphatic rings. The zero-order chi connectivity index (χ0) is 19.2. The van der Waals surface area contributed by atoms with E-state index in [9.17, 15) is 4.79 Å². The fourth-order valence-corrected chi connectivity index (χ4v) is 3.68.